The number of nitrogens with zero attached hydrogens (tertiary/aromatic N) is 3. The molecule has 2 aliphatic heterocycles. The van der Waals surface area contributed by atoms with Crippen LogP contribution in [0.2, 0.25) is 0 Å². The van der Waals surface area contributed by atoms with E-state index in [1.807, 2.05) is 0 Å². The average molecular weight is 309 g/mol. The Morgan fingerprint density at radius 1 is 1.22 bits per heavy atom. The lowest BCUT2D eigenvalue weighted by molar-refractivity contribution is -0.00000345. The molecule has 0 radical (unpaired) electrons. The van der Waals surface area contributed by atoms with Crippen molar-refractivity contribution in [3.63, 3.8) is 0 Å². The van der Waals surface area contributed by atoms with Gasteiger partial charge in [-0.05, 0) is 25.0 Å². The summed E-state index contributed by atoms with van der Waals surface area (Å²) in [5, 5.41) is 0. The molecule has 0 saturated carbocycles. The Labute approximate surface area is 119 Å². The van der Waals surface area contributed by atoms with E-state index in [0.29, 0.717) is 0 Å². The van der Waals surface area contributed by atoms with Crippen LogP contribution in [0.3, 0.4) is 0 Å². The van der Waals surface area contributed by atoms with E-state index in [9.17, 15) is 0 Å². The molecule has 0 saturated heterocycles. The van der Waals surface area contributed by atoms with Crippen molar-refractivity contribution >= 4 is 17.3 Å². The fraction of sp³-hybridized carbons (Fsp3) is 0.500. The standard InChI is InChI=1S/C14H19N3.BrH/c1-2-3-10-16-12-7-4-5-8-13(12)17-11-6-9-15-14(16)17;/h4-5,7-8H,2-3,6,9-11H2,1H3;1H/p-1. The molecule has 98 valence electrons. The topological polar surface area (TPSA) is 18.8 Å². The van der Waals surface area contributed by atoms with Gasteiger partial charge in [-0.15, -0.1) is 0 Å². The Hall–Kier alpha value is -1.03. The van der Waals surface area contributed by atoms with Gasteiger partial charge in [0.25, 0.3) is 0 Å². The maximum absolute atomic E-state index is 4.71. The summed E-state index contributed by atoms with van der Waals surface area (Å²) in [6, 6.07) is 8.67. The maximum Gasteiger partial charge on any atom is 0.205 e. The van der Waals surface area contributed by atoms with Gasteiger partial charge in [-0.25, -0.2) is 0 Å². The van der Waals surface area contributed by atoms with Crippen LogP contribution in [0.4, 0.5) is 11.4 Å². The van der Waals surface area contributed by atoms with Crippen molar-refractivity contribution in [1.82, 2.24) is 0 Å². The molecule has 4 heteroatoms. The van der Waals surface area contributed by atoms with Crippen LogP contribution in [0.15, 0.2) is 29.3 Å². The minimum Gasteiger partial charge on any atom is -1.00 e. The lowest BCUT2D eigenvalue weighted by atomic mass is 10.2. The molecule has 2 heterocycles. The molecule has 0 aromatic heterocycles. The molecule has 0 bridgehead atoms. The quantitative estimate of drug-likeness (QED) is 0.775. The van der Waals surface area contributed by atoms with Crippen LogP contribution >= 0.6 is 0 Å². The first-order chi connectivity index (χ1) is 8.42. The first-order valence-corrected chi connectivity index (χ1v) is 6.60. The molecule has 0 amide bonds. The van der Waals surface area contributed by atoms with Gasteiger partial charge < -0.3 is 26.8 Å². The molecule has 2 aliphatic rings. The highest BCUT2D eigenvalue weighted by Gasteiger charge is 2.32. The van der Waals surface area contributed by atoms with Crippen LogP contribution in [0.25, 0.3) is 0 Å². The van der Waals surface area contributed by atoms with Crippen molar-refractivity contribution in [2.75, 3.05) is 29.4 Å². The lowest BCUT2D eigenvalue weighted by Crippen LogP contribution is -3.00. The van der Waals surface area contributed by atoms with Gasteiger partial charge in [0.2, 0.25) is 5.96 Å². The molecule has 0 spiro atoms. The summed E-state index contributed by atoms with van der Waals surface area (Å²) in [6.45, 7) is 5.41. The number of halogens is 1. The Morgan fingerprint density at radius 3 is 2.78 bits per heavy atom. The molecule has 3 rings (SSSR count). The molecular weight excluding hydrogens is 290 g/mol. The summed E-state index contributed by atoms with van der Waals surface area (Å²) in [5.74, 6) is 1.17. The lowest BCUT2D eigenvalue weighted by Gasteiger charge is -2.26. The Kier molecular flexibility index (Phi) is 4.27. The number of aliphatic imine (C=N–C) groups is 1. The molecule has 0 atom stereocenters. The van der Waals surface area contributed by atoms with Gasteiger partial charge in [-0.3, -0.25) is 4.99 Å². The van der Waals surface area contributed by atoms with Crippen LogP contribution in [0.1, 0.15) is 26.2 Å². The third kappa shape index (κ3) is 2.14. The SMILES string of the molecule is CCCCN1C2=NCCCN2c2ccccc21.[Br-]. The van der Waals surface area contributed by atoms with Gasteiger partial charge >= 0.3 is 0 Å². The molecule has 0 N–H and O–H groups in total. The first kappa shape index (κ1) is 13.4. The normalized spacial score (nSPS) is 16.8. The summed E-state index contributed by atoms with van der Waals surface area (Å²) in [4.78, 5) is 9.47. The van der Waals surface area contributed by atoms with E-state index in [2.05, 4.69) is 41.0 Å². The van der Waals surface area contributed by atoms with Gasteiger partial charge in [0.05, 0.1) is 11.4 Å². The minimum absolute atomic E-state index is 0. The van der Waals surface area contributed by atoms with Crippen LogP contribution in [-0.4, -0.2) is 25.6 Å². The largest absolute Gasteiger partial charge is 1.00 e. The van der Waals surface area contributed by atoms with Gasteiger partial charge in [-0.2, -0.15) is 0 Å². The van der Waals surface area contributed by atoms with Crippen molar-refractivity contribution in [3.8, 4) is 0 Å². The number of para-hydroxylation sites is 2. The third-order valence-electron chi connectivity index (χ3n) is 3.47. The highest BCUT2D eigenvalue weighted by atomic mass is 79.9. The summed E-state index contributed by atoms with van der Waals surface area (Å²) in [6.07, 6.45) is 3.62. The number of rotatable bonds is 3. The fourth-order valence-corrected chi connectivity index (χ4v) is 2.62. The number of guanidine groups is 1. The van der Waals surface area contributed by atoms with Gasteiger partial charge in [0.1, 0.15) is 0 Å². The number of fused-ring (bicyclic) bond motifs is 3. The molecule has 0 unspecified atom stereocenters. The minimum atomic E-state index is 0. The second-order valence-corrected chi connectivity index (χ2v) is 4.68. The summed E-state index contributed by atoms with van der Waals surface area (Å²) in [7, 11) is 0. The van der Waals surface area contributed by atoms with Crippen LogP contribution < -0.4 is 26.8 Å². The maximum atomic E-state index is 4.71. The summed E-state index contributed by atoms with van der Waals surface area (Å²) < 4.78 is 0. The number of hydrogen-bond acceptors (Lipinski definition) is 3. The van der Waals surface area contributed by atoms with Crippen LogP contribution in [0, 0.1) is 0 Å². The number of hydrogen-bond donors (Lipinski definition) is 0. The number of anilines is 2. The van der Waals surface area contributed by atoms with Crippen LogP contribution in [-0.2, 0) is 0 Å². The Balaban J connectivity index is 0.00000120. The molecule has 0 aliphatic carbocycles. The molecule has 0 fully saturated rings. The highest BCUT2D eigenvalue weighted by molar-refractivity contribution is 6.16. The van der Waals surface area contributed by atoms with Crippen molar-refractivity contribution in [1.29, 1.82) is 0 Å². The molecule has 18 heavy (non-hydrogen) atoms. The zero-order chi connectivity index (χ0) is 11.7. The Bertz CT molecular complexity index is 444. The first-order valence-electron chi connectivity index (χ1n) is 6.60. The van der Waals surface area contributed by atoms with Gasteiger partial charge in [0, 0.05) is 19.6 Å². The second kappa shape index (κ2) is 5.74. The predicted octanol–water partition coefficient (Wildman–Crippen LogP) is -0.123. The Morgan fingerprint density at radius 2 is 2.00 bits per heavy atom. The van der Waals surface area contributed by atoms with Crippen molar-refractivity contribution < 1.29 is 17.0 Å². The van der Waals surface area contributed by atoms with E-state index in [-0.39, 0.29) is 17.0 Å². The molecular formula is C14H19BrN3-. The van der Waals surface area contributed by atoms with Gasteiger partial charge in [0.15, 0.2) is 0 Å². The van der Waals surface area contributed by atoms with E-state index in [4.69, 9.17) is 4.99 Å². The second-order valence-electron chi connectivity index (χ2n) is 4.68. The van der Waals surface area contributed by atoms with E-state index >= 15 is 0 Å². The van der Waals surface area contributed by atoms with E-state index < -0.39 is 0 Å². The molecule has 1 aromatic carbocycles. The summed E-state index contributed by atoms with van der Waals surface area (Å²) >= 11 is 0. The van der Waals surface area contributed by atoms with Crippen molar-refractivity contribution in [2.45, 2.75) is 26.2 Å². The number of unbranched alkanes of at least 4 members (excludes halogenated alkanes) is 1. The zero-order valence-corrected chi connectivity index (χ0v) is 12.4. The van der Waals surface area contributed by atoms with Crippen LogP contribution in [0.5, 0.6) is 0 Å². The fourth-order valence-electron chi connectivity index (χ4n) is 2.62. The summed E-state index contributed by atoms with van der Waals surface area (Å²) in [5.41, 5.74) is 2.67. The zero-order valence-electron chi connectivity index (χ0n) is 10.8. The van der Waals surface area contributed by atoms with E-state index in [1.165, 1.54) is 36.6 Å². The van der Waals surface area contributed by atoms with E-state index in [0.717, 1.165) is 19.6 Å². The predicted molar refractivity (Wildman–Crippen MR) is 73.0 cm³/mol. The van der Waals surface area contributed by atoms with Crippen molar-refractivity contribution in [2.24, 2.45) is 4.99 Å². The number of benzene rings is 1. The van der Waals surface area contributed by atoms with Crippen molar-refractivity contribution in [3.05, 3.63) is 24.3 Å². The van der Waals surface area contributed by atoms with E-state index in [1.54, 1.807) is 0 Å². The smallest absolute Gasteiger partial charge is 0.205 e. The monoisotopic (exact) mass is 308 g/mol. The van der Waals surface area contributed by atoms with Gasteiger partial charge in [-0.1, -0.05) is 25.5 Å². The molecule has 3 nitrogen and oxygen atoms in total. The average Bonchev–Trinajstić information content (AvgIpc) is 2.71. The third-order valence-corrected chi connectivity index (χ3v) is 3.47. The molecule has 1 aromatic rings. The highest BCUT2D eigenvalue weighted by Crippen LogP contribution is 2.38.